The number of thioether (sulfide) groups is 1. The lowest BCUT2D eigenvalue weighted by Crippen LogP contribution is -2.39. The molecule has 1 saturated heterocycles. The van der Waals surface area contributed by atoms with Crippen LogP contribution in [0, 0.1) is 5.92 Å². The molecular weight excluding hydrogens is 411 g/mol. The molecule has 30 heavy (non-hydrogen) atoms. The number of para-hydroxylation sites is 2. The highest BCUT2D eigenvalue weighted by molar-refractivity contribution is 7.98. The number of likely N-dealkylation sites (tertiary alicyclic amines) is 1. The van der Waals surface area contributed by atoms with Gasteiger partial charge in [0.25, 0.3) is 5.91 Å². The fourth-order valence-corrected chi connectivity index (χ4v) is 4.64. The SMILES string of the molecule is CSc1ccccc1C(=O)N1CCC(Cn2c(C(F)(F)F)nc3ccccc32)CC1. The molecule has 0 N–H and O–H groups in total. The quantitative estimate of drug-likeness (QED) is 0.522. The van der Waals surface area contributed by atoms with E-state index in [2.05, 4.69) is 4.98 Å². The van der Waals surface area contributed by atoms with Crippen molar-refractivity contribution in [2.75, 3.05) is 19.3 Å². The van der Waals surface area contributed by atoms with Crippen LogP contribution in [0.4, 0.5) is 13.2 Å². The molecule has 2 aromatic carbocycles. The second-order valence-electron chi connectivity index (χ2n) is 7.47. The standard InChI is InChI=1S/C22H22F3N3OS/c1-30-19-9-5-2-6-16(19)20(29)27-12-10-15(11-13-27)14-28-18-8-4-3-7-17(18)26-21(28)22(23,24)25/h2-9,15H,10-14H2,1H3. The number of hydrogen-bond acceptors (Lipinski definition) is 3. The lowest BCUT2D eigenvalue weighted by molar-refractivity contribution is -0.147. The zero-order valence-corrected chi connectivity index (χ0v) is 17.3. The Morgan fingerprint density at radius 3 is 2.47 bits per heavy atom. The van der Waals surface area contributed by atoms with Crippen molar-refractivity contribution in [3.63, 3.8) is 0 Å². The van der Waals surface area contributed by atoms with Crippen LogP contribution < -0.4 is 0 Å². The summed E-state index contributed by atoms with van der Waals surface area (Å²) in [4.78, 5) is 19.5. The van der Waals surface area contributed by atoms with Gasteiger partial charge in [0.2, 0.25) is 5.82 Å². The van der Waals surface area contributed by atoms with Gasteiger partial charge in [0.1, 0.15) is 0 Å². The Morgan fingerprint density at radius 2 is 1.77 bits per heavy atom. The number of alkyl halides is 3. The van der Waals surface area contributed by atoms with Crippen LogP contribution in [0.5, 0.6) is 0 Å². The Hall–Kier alpha value is -2.48. The number of carbonyl (C=O) groups excluding carboxylic acids is 1. The van der Waals surface area contributed by atoms with E-state index < -0.39 is 12.0 Å². The summed E-state index contributed by atoms with van der Waals surface area (Å²) in [6.07, 6.45) is -1.24. The number of carbonyl (C=O) groups is 1. The van der Waals surface area contributed by atoms with Crippen molar-refractivity contribution < 1.29 is 18.0 Å². The monoisotopic (exact) mass is 433 g/mol. The average Bonchev–Trinajstić information content (AvgIpc) is 3.13. The molecule has 0 saturated carbocycles. The molecule has 158 valence electrons. The summed E-state index contributed by atoms with van der Waals surface area (Å²) >= 11 is 1.53. The smallest absolute Gasteiger partial charge is 0.339 e. The van der Waals surface area contributed by atoms with E-state index >= 15 is 0 Å². The highest BCUT2D eigenvalue weighted by Crippen LogP contribution is 2.33. The molecule has 0 unspecified atom stereocenters. The van der Waals surface area contributed by atoms with Crippen LogP contribution in [-0.2, 0) is 12.7 Å². The van der Waals surface area contributed by atoms with E-state index in [9.17, 15) is 18.0 Å². The number of amides is 1. The number of aromatic nitrogens is 2. The summed E-state index contributed by atoms with van der Waals surface area (Å²) in [5.74, 6) is -0.804. The van der Waals surface area contributed by atoms with Gasteiger partial charge in [-0.3, -0.25) is 4.79 Å². The summed E-state index contributed by atoms with van der Waals surface area (Å²) in [5, 5.41) is 0. The van der Waals surface area contributed by atoms with Gasteiger partial charge in [-0.15, -0.1) is 11.8 Å². The third-order valence-corrected chi connectivity index (χ3v) is 6.38. The fraction of sp³-hybridized carbons (Fsp3) is 0.364. The van der Waals surface area contributed by atoms with Crippen LogP contribution in [0.2, 0.25) is 0 Å². The summed E-state index contributed by atoms with van der Waals surface area (Å²) < 4.78 is 41.9. The van der Waals surface area contributed by atoms with Gasteiger partial charge < -0.3 is 9.47 Å². The van der Waals surface area contributed by atoms with Gasteiger partial charge >= 0.3 is 6.18 Å². The summed E-state index contributed by atoms with van der Waals surface area (Å²) in [6.45, 7) is 1.33. The van der Waals surface area contributed by atoms with Gasteiger partial charge in [-0.1, -0.05) is 24.3 Å². The van der Waals surface area contributed by atoms with Gasteiger partial charge in [-0.25, -0.2) is 4.98 Å². The molecule has 4 rings (SSSR count). The fourth-order valence-electron chi connectivity index (χ4n) is 4.05. The maximum Gasteiger partial charge on any atom is 0.449 e. The number of rotatable bonds is 4. The minimum absolute atomic E-state index is 0.0116. The number of imidazole rings is 1. The molecule has 1 aliphatic rings. The zero-order chi connectivity index (χ0) is 21.3. The third-order valence-electron chi connectivity index (χ3n) is 5.59. The minimum atomic E-state index is -4.50. The van der Waals surface area contributed by atoms with Crippen LogP contribution in [0.25, 0.3) is 11.0 Å². The van der Waals surface area contributed by atoms with Crippen molar-refractivity contribution in [3.05, 3.63) is 59.9 Å². The summed E-state index contributed by atoms with van der Waals surface area (Å²) in [5.41, 5.74) is 1.53. The van der Waals surface area contributed by atoms with Gasteiger partial charge in [0.05, 0.1) is 16.6 Å². The Morgan fingerprint density at radius 1 is 1.10 bits per heavy atom. The summed E-state index contributed by atoms with van der Waals surface area (Å²) in [7, 11) is 0. The molecule has 4 nitrogen and oxygen atoms in total. The van der Waals surface area contributed by atoms with Gasteiger partial charge in [0.15, 0.2) is 0 Å². The molecule has 3 aromatic rings. The first-order chi connectivity index (χ1) is 14.4. The van der Waals surface area contributed by atoms with E-state index in [0.717, 1.165) is 4.90 Å². The highest BCUT2D eigenvalue weighted by Gasteiger charge is 2.38. The van der Waals surface area contributed by atoms with E-state index in [1.807, 2.05) is 35.4 Å². The molecule has 0 aliphatic carbocycles. The largest absolute Gasteiger partial charge is 0.449 e. The highest BCUT2D eigenvalue weighted by atomic mass is 32.2. The molecule has 1 amide bonds. The van der Waals surface area contributed by atoms with Gasteiger partial charge in [-0.05, 0) is 49.3 Å². The molecule has 1 fully saturated rings. The van der Waals surface area contributed by atoms with Crippen molar-refractivity contribution in [2.24, 2.45) is 5.92 Å². The molecule has 0 bridgehead atoms. The van der Waals surface area contributed by atoms with Crippen molar-refractivity contribution in [1.82, 2.24) is 14.5 Å². The van der Waals surface area contributed by atoms with Crippen LogP contribution in [0.3, 0.4) is 0 Å². The van der Waals surface area contributed by atoms with Gasteiger partial charge in [-0.2, -0.15) is 13.2 Å². The normalized spacial score (nSPS) is 15.7. The molecule has 8 heteroatoms. The topological polar surface area (TPSA) is 38.1 Å². The zero-order valence-electron chi connectivity index (χ0n) is 16.5. The van der Waals surface area contributed by atoms with E-state index in [1.54, 1.807) is 24.3 Å². The van der Waals surface area contributed by atoms with E-state index in [4.69, 9.17) is 0 Å². The van der Waals surface area contributed by atoms with E-state index in [0.29, 0.717) is 42.5 Å². The minimum Gasteiger partial charge on any atom is -0.339 e. The lowest BCUT2D eigenvalue weighted by atomic mass is 9.96. The molecule has 0 radical (unpaired) electrons. The maximum absolute atomic E-state index is 13.5. The number of piperidine rings is 1. The Balaban J connectivity index is 1.49. The molecule has 1 aliphatic heterocycles. The van der Waals surface area contributed by atoms with Crippen LogP contribution in [0.1, 0.15) is 29.0 Å². The number of hydrogen-bond donors (Lipinski definition) is 0. The first-order valence-electron chi connectivity index (χ1n) is 9.83. The van der Waals surface area contributed by atoms with Crippen molar-refractivity contribution in [3.8, 4) is 0 Å². The predicted molar refractivity (Wildman–Crippen MR) is 112 cm³/mol. The van der Waals surface area contributed by atoms with E-state index in [-0.39, 0.29) is 18.4 Å². The van der Waals surface area contributed by atoms with Crippen LogP contribution >= 0.6 is 11.8 Å². The Labute approximate surface area is 177 Å². The van der Waals surface area contributed by atoms with Crippen molar-refractivity contribution in [1.29, 1.82) is 0 Å². The molecule has 0 atom stereocenters. The van der Waals surface area contributed by atoms with Crippen LogP contribution in [0.15, 0.2) is 53.4 Å². The number of fused-ring (bicyclic) bond motifs is 1. The number of halogens is 3. The van der Waals surface area contributed by atoms with Crippen molar-refractivity contribution in [2.45, 2.75) is 30.5 Å². The average molecular weight is 433 g/mol. The first kappa shape index (κ1) is 20.8. The van der Waals surface area contributed by atoms with Gasteiger partial charge in [0, 0.05) is 24.5 Å². The number of benzene rings is 2. The third kappa shape index (κ3) is 4.05. The van der Waals surface area contributed by atoms with Crippen LogP contribution in [-0.4, -0.2) is 39.7 Å². The molecule has 1 aromatic heterocycles. The molecule has 2 heterocycles. The van der Waals surface area contributed by atoms with Crippen molar-refractivity contribution >= 4 is 28.7 Å². The Bertz CT molecular complexity index is 1060. The first-order valence-corrected chi connectivity index (χ1v) is 11.1. The lowest BCUT2D eigenvalue weighted by Gasteiger charge is -2.33. The van der Waals surface area contributed by atoms with E-state index in [1.165, 1.54) is 16.3 Å². The maximum atomic E-state index is 13.5. The number of nitrogens with zero attached hydrogens (tertiary/aromatic N) is 3. The Kier molecular flexibility index (Phi) is 5.77. The predicted octanol–water partition coefficient (Wildman–Crippen LogP) is 5.33. The second-order valence-corrected chi connectivity index (χ2v) is 8.32. The molecule has 0 spiro atoms. The summed E-state index contributed by atoms with van der Waals surface area (Å²) in [6, 6.07) is 14.2. The second kappa shape index (κ2) is 8.34. The molecular formula is C22H22F3N3OS.